The van der Waals surface area contributed by atoms with Gasteiger partial charge in [-0.2, -0.15) is 13.2 Å². The summed E-state index contributed by atoms with van der Waals surface area (Å²) >= 11 is 0. The second kappa shape index (κ2) is 12.2. The van der Waals surface area contributed by atoms with Crippen LogP contribution in [-0.2, 0) is 30.4 Å². The van der Waals surface area contributed by atoms with Crippen LogP contribution in [0.15, 0.2) is 29.5 Å². The van der Waals surface area contributed by atoms with Gasteiger partial charge < -0.3 is 24.8 Å². The van der Waals surface area contributed by atoms with Crippen LogP contribution in [0, 0.1) is 0 Å². The number of aromatic nitrogens is 3. The van der Waals surface area contributed by atoms with Crippen molar-refractivity contribution < 1.29 is 17.9 Å². The third-order valence-electron chi connectivity index (χ3n) is 5.10. The lowest BCUT2D eigenvalue weighted by atomic mass is 10.0. The molecule has 0 spiro atoms. The quantitative estimate of drug-likeness (QED) is 0.305. The summed E-state index contributed by atoms with van der Waals surface area (Å²) in [5.41, 5.74) is 0.0820. The molecule has 1 fully saturated rings. The fourth-order valence-corrected chi connectivity index (χ4v) is 3.43. The zero-order chi connectivity index (χ0) is 22.3. The van der Waals surface area contributed by atoms with Crippen LogP contribution in [0.4, 0.5) is 18.9 Å². The lowest BCUT2D eigenvalue weighted by Gasteiger charge is -2.29. The predicted octanol–water partition coefficient (Wildman–Crippen LogP) is 2.68. The molecule has 0 atom stereocenters. The highest BCUT2D eigenvalue weighted by atomic mass is 127. The number of nitrogens with zero attached hydrogens (tertiary/aromatic N) is 5. The van der Waals surface area contributed by atoms with Gasteiger partial charge >= 0.3 is 6.18 Å². The number of anilines is 1. The number of guanidine groups is 1. The topological polar surface area (TPSA) is 79.6 Å². The number of ether oxygens (including phenoxy) is 1. The van der Waals surface area contributed by atoms with Gasteiger partial charge in [-0.1, -0.05) is 13.0 Å². The minimum atomic E-state index is -4.44. The van der Waals surface area contributed by atoms with E-state index in [1.165, 1.54) is 12.1 Å². The summed E-state index contributed by atoms with van der Waals surface area (Å²) < 4.78 is 48.3. The standard InChI is InChI=1S/C20H28F3N7O.HI/c1-3-18-28-27-14-30(18)7-6-25-19(24-2)26-13-15-4-5-16(12-17(15)20(21,22)23)29-8-10-31-11-9-29;/h4-5,12,14H,3,6-11,13H2,1-2H3,(H2,24,25,26);1H. The Bertz CT molecular complexity index is 882. The summed E-state index contributed by atoms with van der Waals surface area (Å²) in [6.07, 6.45) is -2.02. The zero-order valence-corrected chi connectivity index (χ0v) is 20.5. The molecule has 2 N–H and O–H groups in total. The van der Waals surface area contributed by atoms with Crippen LogP contribution in [-0.4, -0.2) is 60.6 Å². The molecule has 12 heteroatoms. The first-order valence-corrected chi connectivity index (χ1v) is 10.3. The number of rotatable bonds is 7. The van der Waals surface area contributed by atoms with Crippen molar-refractivity contribution in [3.8, 4) is 0 Å². The molecule has 0 unspecified atom stereocenters. The van der Waals surface area contributed by atoms with Crippen molar-refractivity contribution in [2.24, 2.45) is 4.99 Å². The average molecular weight is 567 g/mol. The van der Waals surface area contributed by atoms with Gasteiger partial charge in [-0.05, 0) is 17.7 Å². The number of alkyl halides is 3. The van der Waals surface area contributed by atoms with Crippen LogP contribution in [0.1, 0.15) is 23.9 Å². The third-order valence-corrected chi connectivity index (χ3v) is 5.10. The first kappa shape index (κ1) is 26.2. The van der Waals surface area contributed by atoms with Gasteiger partial charge in [-0.25, -0.2) is 0 Å². The van der Waals surface area contributed by atoms with E-state index >= 15 is 0 Å². The largest absolute Gasteiger partial charge is 0.416 e. The number of halogens is 4. The fraction of sp³-hybridized carbons (Fsp3) is 0.550. The van der Waals surface area contributed by atoms with E-state index in [2.05, 4.69) is 25.8 Å². The monoisotopic (exact) mass is 567 g/mol. The van der Waals surface area contributed by atoms with E-state index in [4.69, 9.17) is 4.74 Å². The highest BCUT2D eigenvalue weighted by molar-refractivity contribution is 14.0. The van der Waals surface area contributed by atoms with Crippen molar-refractivity contribution in [1.29, 1.82) is 0 Å². The molecular formula is C20H29F3IN7O. The molecule has 0 aliphatic carbocycles. The average Bonchev–Trinajstić information content (AvgIpc) is 3.23. The van der Waals surface area contributed by atoms with E-state index in [0.717, 1.165) is 12.2 Å². The Labute approximate surface area is 202 Å². The number of nitrogens with one attached hydrogen (secondary N) is 2. The molecule has 0 bridgehead atoms. The van der Waals surface area contributed by atoms with E-state index in [1.54, 1.807) is 19.4 Å². The van der Waals surface area contributed by atoms with Gasteiger partial charge in [0.1, 0.15) is 12.2 Å². The molecule has 1 saturated heterocycles. The number of hydrogen-bond acceptors (Lipinski definition) is 5. The molecule has 2 aromatic rings. The summed E-state index contributed by atoms with van der Waals surface area (Å²) in [5, 5.41) is 14.0. The van der Waals surface area contributed by atoms with Crippen LogP contribution < -0.4 is 15.5 Å². The normalized spacial score (nSPS) is 14.8. The first-order chi connectivity index (χ1) is 14.9. The summed E-state index contributed by atoms with van der Waals surface area (Å²) in [5.74, 6) is 1.30. The molecular weight excluding hydrogens is 538 g/mol. The Hall–Kier alpha value is -2.09. The molecule has 1 aliphatic rings. The molecule has 0 radical (unpaired) electrons. The minimum Gasteiger partial charge on any atom is -0.378 e. The van der Waals surface area contributed by atoms with Crippen molar-refractivity contribution >= 4 is 35.6 Å². The van der Waals surface area contributed by atoms with Crippen LogP contribution in [0.25, 0.3) is 0 Å². The van der Waals surface area contributed by atoms with Crippen LogP contribution in [0.5, 0.6) is 0 Å². The molecule has 3 rings (SSSR count). The molecule has 2 heterocycles. The third kappa shape index (κ3) is 6.95. The lowest BCUT2D eigenvalue weighted by molar-refractivity contribution is -0.138. The summed E-state index contributed by atoms with van der Waals surface area (Å²) in [4.78, 5) is 6.01. The zero-order valence-electron chi connectivity index (χ0n) is 18.2. The Morgan fingerprint density at radius 3 is 2.62 bits per heavy atom. The molecule has 1 aliphatic heterocycles. The van der Waals surface area contributed by atoms with Crippen molar-refractivity contribution in [2.75, 3.05) is 44.8 Å². The SMILES string of the molecule is CCc1nncn1CCNC(=NC)NCc1ccc(N2CCOCC2)cc1C(F)(F)F.I. The van der Waals surface area contributed by atoms with Crippen molar-refractivity contribution in [1.82, 2.24) is 25.4 Å². The van der Waals surface area contributed by atoms with Crippen LogP contribution in [0.2, 0.25) is 0 Å². The lowest BCUT2D eigenvalue weighted by Crippen LogP contribution is -2.39. The minimum absolute atomic E-state index is 0. The van der Waals surface area contributed by atoms with Gasteiger partial charge in [0.2, 0.25) is 0 Å². The highest BCUT2D eigenvalue weighted by Crippen LogP contribution is 2.35. The molecule has 178 valence electrons. The van der Waals surface area contributed by atoms with Gasteiger partial charge in [-0.15, -0.1) is 34.2 Å². The van der Waals surface area contributed by atoms with E-state index in [1.807, 2.05) is 16.4 Å². The van der Waals surface area contributed by atoms with E-state index < -0.39 is 11.7 Å². The maximum Gasteiger partial charge on any atom is 0.416 e. The van der Waals surface area contributed by atoms with E-state index in [-0.39, 0.29) is 36.1 Å². The molecule has 0 amide bonds. The molecule has 1 aromatic carbocycles. The predicted molar refractivity (Wildman–Crippen MR) is 127 cm³/mol. The first-order valence-electron chi connectivity index (χ1n) is 10.3. The van der Waals surface area contributed by atoms with Crippen LogP contribution >= 0.6 is 24.0 Å². The Morgan fingerprint density at radius 1 is 1.22 bits per heavy atom. The number of hydrogen-bond donors (Lipinski definition) is 2. The Balaban J connectivity index is 0.00000363. The molecule has 8 nitrogen and oxygen atoms in total. The number of benzene rings is 1. The van der Waals surface area contributed by atoms with Crippen molar-refractivity contribution in [2.45, 2.75) is 32.6 Å². The summed E-state index contributed by atoms with van der Waals surface area (Å²) in [7, 11) is 1.58. The van der Waals surface area contributed by atoms with Gasteiger partial charge in [-0.3, -0.25) is 4.99 Å². The second-order valence-electron chi connectivity index (χ2n) is 7.09. The van der Waals surface area contributed by atoms with E-state index in [0.29, 0.717) is 51.0 Å². The maximum absolute atomic E-state index is 13.7. The van der Waals surface area contributed by atoms with Gasteiger partial charge in [0, 0.05) is 51.9 Å². The molecule has 1 aromatic heterocycles. The smallest absolute Gasteiger partial charge is 0.378 e. The number of aliphatic imine (C=N–C) groups is 1. The van der Waals surface area contributed by atoms with Gasteiger partial charge in [0.05, 0.1) is 18.8 Å². The van der Waals surface area contributed by atoms with Crippen molar-refractivity contribution in [3.05, 3.63) is 41.5 Å². The molecule has 32 heavy (non-hydrogen) atoms. The van der Waals surface area contributed by atoms with Crippen molar-refractivity contribution in [3.63, 3.8) is 0 Å². The summed E-state index contributed by atoms with van der Waals surface area (Å²) in [6, 6.07) is 4.47. The van der Waals surface area contributed by atoms with Gasteiger partial charge in [0.25, 0.3) is 0 Å². The molecule has 0 saturated carbocycles. The maximum atomic E-state index is 13.7. The van der Waals surface area contributed by atoms with Crippen LogP contribution in [0.3, 0.4) is 0 Å². The summed E-state index contributed by atoms with van der Waals surface area (Å²) in [6.45, 7) is 5.35. The van der Waals surface area contributed by atoms with Gasteiger partial charge in [0.15, 0.2) is 5.96 Å². The Morgan fingerprint density at radius 2 is 1.97 bits per heavy atom. The number of aryl methyl sites for hydroxylation is 1. The highest BCUT2D eigenvalue weighted by Gasteiger charge is 2.34. The Kier molecular flexibility index (Phi) is 10.0. The number of morpholine rings is 1. The van der Waals surface area contributed by atoms with E-state index in [9.17, 15) is 13.2 Å². The second-order valence-corrected chi connectivity index (χ2v) is 7.09. The fourth-order valence-electron chi connectivity index (χ4n) is 3.43.